The zero-order chi connectivity index (χ0) is 19.5. The molecule has 2 heterocycles. The minimum Gasteiger partial charge on any atom is -0.383 e. The van der Waals surface area contributed by atoms with Crippen molar-refractivity contribution in [2.75, 3.05) is 18.2 Å². The van der Waals surface area contributed by atoms with Crippen molar-refractivity contribution >= 4 is 33.2 Å². The van der Waals surface area contributed by atoms with E-state index in [0.29, 0.717) is 24.6 Å². The lowest BCUT2D eigenvalue weighted by atomic mass is 10.1. The van der Waals surface area contributed by atoms with Crippen molar-refractivity contribution in [3.05, 3.63) is 17.6 Å². The largest absolute Gasteiger partial charge is 0.481 e. The van der Waals surface area contributed by atoms with Gasteiger partial charge in [0.05, 0.1) is 6.61 Å². The molecule has 3 atom stereocenters. The van der Waals surface area contributed by atoms with Crippen LogP contribution in [0, 0.1) is 6.92 Å². The Labute approximate surface area is 155 Å². The molecule has 1 aliphatic heterocycles. The lowest BCUT2D eigenvalue weighted by Gasteiger charge is -2.24. The van der Waals surface area contributed by atoms with Crippen molar-refractivity contribution in [2.24, 2.45) is 0 Å². The van der Waals surface area contributed by atoms with Gasteiger partial charge in [-0.05, 0) is 20.3 Å². The van der Waals surface area contributed by atoms with Crippen LogP contribution in [0.25, 0.3) is 0 Å². The number of thioether (sulfide) groups is 1. The molecule has 0 spiro atoms. The Bertz CT molecular complexity index is 734. The first-order valence-electron chi connectivity index (χ1n) is 7.65. The summed E-state index contributed by atoms with van der Waals surface area (Å²) in [5, 5.41) is 0.109. The molecule has 1 saturated heterocycles. The van der Waals surface area contributed by atoms with Gasteiger partial charge in [-0.15, -0.1) is 11.8 Å². The van der Waals surface area contributed by atoms with Crippen LogP contribution in [0.15, 0.2) is 6.20 Å². The summed E-state index contributed by atoms with van der Waals surface area (Å²) >= 11 is 1.65. The summed E-state index contributed by atoms with van der Waals surface area (Å²) in [7, 11) is -9.89. The fourth-order valence-electron chi connectivity index (χ4n) is 2.49. The molecule has 2 rings (SSSR count). The molecule has 0 aliphatic carbocycles. The Balaban J connectivity index is 1.84. The average Bonchev–Trinajstić information content (AvgIpc) is 2.80. The Morgan fingerprint density at radius 2 is 2.12 bits per heavy atom. The summed E-state index contributed by atoms with van der Waals surface area (Å²) in [6.07, 6.45) is 2.12. The van der Waals surface area contributed by atoms with E-state index in [0.717, 1.165) is 11.4 Å². The van der Waals surface area contributed by atoms with Gasteiger partial charge in [-0.2, -0.15) is 4.31 Å². The highest BCUT2D eigenvalue weighted by Crippen LogP contribution is 2.57. The second kappa shape index (κ2) is 8.64. The Hall–Kier alpha value is -0.550. The predicted molar refractivity (Wildman–Crippen MR) is 96.0 cm³/mol. The van der Waals surface area contributed by atoms with E-state index in [9.17, 15) is 14.0 Å². The van der Waals surface area contributed by atoms with E-state index in [1.54, 1.807) is 24.9 Å². The number of rotatable bonds is 8. The summed E-state index contributed by atoms with van der Waals surface area (Å²) in [6.45, 7) is 4.19. The highest BCUT2D eigenvalue weighted by molar-refractivity contribution is 8.00. The molecule has 1 unspecified atom stereocenters. The standard InChI is InChI=1S/C12H22N4O7P2S/c1-8-11(3-4-22-25(20,21)23-24(17,18)19)26-7-16(8)6-10-5-14-9(2)15-12(10)13/h5,8,11H,3-4,6-7H2,1-2H3,(H,20,21)(H2,13,14,15)(H2,17,18,19)/t8-,11+/m0/s1. The van der Waals surface area contributed by atoms with Crippen LogP contribution in [0.5, 0.6) is 0 Å². The number of nitrogen functional groups attached to an aromatic ring is 1. The van der Waals surface area contributed by atoms with Crippen molar-refractivity contribution in [3.8, 4) is 0 Å². The van der Waals surface area contributed by atoms with Gasteiger partial charge >= 0.3 is 15.6 Å². The fraction of sp³-hybridized carbons (Fsp3) is 0.667. The van der Waals surface area contributed by atoms with Crippen LogP contribution in [0.2, 0.25) is 0 Å². The fourth-order valence-corrected chi connectivity index (χ4v) is 5.52. The van der Waals surface area contributed by atoms with Gasteiger partial charge in [-0.3, -0.25) is 9.42 Å². The number of nitrogens with zero attached hydrogens (tertiary/aromatic N) is 3. The SMILES string of the molecule is Cc1ncc(CN2CS[C@H](CCOP(=O)(O)OP(=O)(O)O)[C@@H]2C)c(N)n1. The maximum atomic E-state index is 11.4. The van der Waals surface area contributed by atoms with Gasteiger partial charge in [0.25, 0.3) is 0 Å². The number of hydrogen-bond acceptors (Lipinski definition) is 9. The van der Waals surface area contributed by atoms with Crippen LogP contribution in [-0.4, -0.2) is 53.3 Å². The third kappa shape index (κ3) is 6.56. The van der Waals surface area contributed by atoms with Crippen LogP contribution >= 0.6 is 27.4 Å². The molecule has 5 N–H and O–H groups in total. The number of aromatic nitrogens is 2. The summed E-state index contributed by atoms with van der Waals surface area (Å²) < 4.78 is 30.4. The number of phosphoric acid groups is 2. The lowest BCUT2D eigenvalue weighted by Crippen LogP contribution is -2.32. The molecule has 1 aliphatic rings. The molecule has 0 radical (unpaired) electrons. The smallest absolute Gasteiger partial charge is 0.383 e. The van der Waals surface area contributed by atoms with Crippen molar-refractivity contribution in [1.82, 2.24) is 14.9 Å². The minimum absolute atomic E-state index is 0.109. The average molecular weight is 428 g/mol. The molecule has 1 aromatic heterocycles. The quantitative estimate of drug-likeness (QED) is 0.438. The van der Waals surface area contributed by atoms with E-state index in [4.69, 9.17) is 15.5 Å². The summed E-state index contributed by atoms with van der Waals surface area (Å²) in [6, 6.07) is 0.130. The maximum absolute atomic E-state index is 11.4. The topological polar surface area (TPSA) is 168 Å². The summed E-state index contributed by atoms with van der Waals surface area (Å²) in [5.74, 6) is 1.78. The van der Waals surface area contributed by atoms with E-state index < -0.39 is 15.6 Å². The Morgan fingerprint density at radius 3 is 2.73 bits per heavy atom. The first-order valence-corrected chi connectivity index (χ1v) is 11.7. The van der Waals surface area contributed by atoms with Gasteiger partial charge in [-0.1, -0.05) is 0 Å². The molecule has 0 aromatic carbocycles. The Morgan fingerprint density at radius 1 is 1.42 bits per heavy atom. The van der Waals surface area contributed by atoms with E-state index in [2.05, 4.69) is 23.7 Å². The molecule has 14 heteroatoms. The third-order valence-corrected chi connectivity index (χ3v) is 7.55. The summed E-state index contributed by atoms with van der Waals surface area (Å²) in [4.78, 5) is 36.9. The second-order valence-corrected chi connectivity index (χ2v) is 9.84. The van der Waals surface area contributed by atoms with Gasteiger partial charge in [-0.25, -0.2) is 19.1 Å². The highest BCUT2D eigenvalue weighted by atomic mass is 32.2. The van der Waals surface area contributed by atoms with Gasteiger partial charge in [0.1, 0.15) is 11.6 Å². The molecule has 1 fully saturated rings. The van der Waals surface area contributed by atoms with E-state index in [-0.39, 0.29) is 17.9 Å². The zero-order valence-corrected chi connectivity index (χ0v) is 16.9. The first-order chi connectivity index (χ1) is 12.0. The van der Waals surface area contributed by atoms with Gasteiger partial charge in [0, 0.05) is 35.5 Å². The van der Waals surface area contributed by atoms with Gasteiger partial charge < -0.3 is 20.4 Å². The molecule has 1 aromatic rings. The van der Waals surface area contributed by atoms with Crippen LogP contribution in [0.3, 0.4) is 0 Å². The van der Waals surface area contributed by atoms with Crippen LogP contribution < -0.4 is 5.73 Å². The third-order valence-electron chi connectivity index (χ3n) is 3.83. The number of nitrogens with two attached hydrogens (primary N) is 1. The minimum atomic E-state index is -5.10. The molecule has 0 saturated carbocycles. The number of anilines is 1. The van der Waals surface area contributed by atoms with Crippen LogP contribution in [-0.2, 0) is 24.5 Å². The molecule has 0 amide bonds. The predicted octanol–water partition coefficient (Wildman–Crippen LogP) is 1.25. The molecule has 148 valence electrons. The maximum Gasteiger partial charge on any atom is 0.481 e. The van der Waals surface area contributed by atoms with Crippen molar-refractivity contribution in [3.63, 3.8) is 0 Å². The van der Waals surface area contributed by atoms with Crippen molar-refractivity contribution in [1.29, 1.82) is 0 Å². The molecule has 11 nitrogen and oxygen atoms in total. The number of phosphoric ester groups is 1. The molecule has 26 heavy (non-hydrogen) atoms. The number of hydrogen-bond donors (Lipinski definition) is 4. The highest BCUT2D eigenvalue weighted by Gasteiger charge is 2.35. The van der Waals surface area contributed by atoms with Crippen LogP contribution in [0.4, 0.5) is 5.82 Å². The van der Waals surface area contributed by atoms with E-state index in [1.807, 2.05) is 6.92 Å². The van der Waals surface area contributed by atoms with Crippen molar-refractivity contribution < 1.29 is 32.6 Å². The molecular formula is C12H22N4O7P2S. The van der Waals surface area contributed by atoms with Crippen molar-refractivity contribution in [2.45, 2.75) is 38.1 Å². The summed E-state index contributed by atoms with van der Waals surface area (Å²) in [5.41, 5.74) is 6.75. The van der Waals surface area contributed by atoms with E-state index >= 15 is 0 Å². The monoisotopic (exact) mass is 428 g/mol. The molecular weight excluding hydrogens is 406 g/mol. The lowest BCUT2D eigenvalue weighted by molar-refractivity contribution is 0.171. The second-order valence-electron chi connectivity index (χ2n) is 5.81. The number of aryl methyl sites for hydroxylation is 1. The normalized spacial score (nSPS) is 23.9. The first kappa shape index (κ1) is 21.7. The van der Waals surface area contributed by atoms with Gasteiger partial charge in [0.15, 0.2) is 0 Å². The molecule has 0 bridgehead atoms. The van der Waals surface area contributed by atoms with E-state index in [1.165, 1.54) is 0 Å². The van der Waals surface area contributed by atoms with Crippen LogP contribution in [0.1, 0.15) is 24.7 Å². The zero-order valence-electron chi connectivity index (χ0n) is 14.3. The Kier molecular flexibility index (Phi) is 7.23. The van der Waals surface area contributed by atoms with Gasteiger partial charge in [0.2, 0.25) is 0 Å².